The van der Waals surface area contributed by atoms with Crippen LogP contribution in [0, 0.1) is 0 Å². The first-order chi connectivity index (χ1) is 12.0. The minimum Gasteiger partial charge on any atom is -0.389 e. The lowest BCUT2D eigenvalue weighted by molar-refractivity contribution is 0.0698. The van der Waals surface area contributed by atoms with Gasteiger partial charge in [0, 0.05) is 27.2 Å². The van der Waals surface area contributed by atoms with Gasteiger partial charge in [-0.1, -0.05) is 0 Å². The van der Waals surface area contributed by atoms with E-state index in [1.165, 1.54) is 17.9 Å². The minimum atomic E-state index is -0.767. The number of rotatable bonds is 5. The number of imidazole rings is 1. The molecule has 0 spiro atoms. The lowest BCUT2D eigenvalue weighted by atomic mass is 10.3. The molecular formula is C15H22N6O4. The number of aliphatic hydroxyl groups excluding tert-OH is 1. The van der Waals surface area contributed by atoms with Crippen molar-refractivity contribution in [3.05, 3.63) is 27.2 Å². The van der Waals surface area contributed by atoms with Gasteiger partial charge in [0.15, 0.2) is 11.2 Å². The van der Waals surface area contributed by atoms with Crippen LogP contribution in [0.15, 0.2) is 20.9 Å². The fourth-order valence-corrected chi connectivity index (χ4v) is 2.80. The molecule has 3 heterocycles. The van der Waals surface area contributed by atoms with Crippen molar-refractivity contribution in [3.63, 3.8) is 0 Å². The summed E-state index contributed by atoms with van der Waals surface area (Å²) in [6.45, 7) is 3.31. The number of aromatic nitrogens is 4. The summed E-state index contributed by atoms with van der Waals surface area (Å²) in [5.41, 5.74) is -0.268. The summed E-state index contributed by atoms with van der Waals surface area (Å²) in [7, 11) is 2.98. The maximum atomic E-state index is 12.3. The van der Waals surface area contributed by atoms with Gasteiger partial charge in [0.25, 0.3) is 5.56 Å². The molecule has 1 aliphatic rings. The van der Waals surface area contributed by atoms with Gasteiger partial charge in [-0.05, 0) is 0 Å². The third-order valence-electron chi connectivity index (χ3n) is 4.23. The molecule has 1 atom stereocenters. The Morgan fingerprint density at radius 3 is 2.76 bits per heavy atom. The highest BCUT2D eigenvalue weighted by Gasteiger charge is 2.16. The summed E-state index contributed by atoms with van der Waals surface area (Å²) in [4.78, 5) is 34.7. The number of hydrogen-bond donors (Lipinski definition) is 1. The number of ether oxygens (including phenoxy) is 1. The minimum absolute atomic E-state index is 0.171. The van der Waals surface area contributed by atoms with Crippen LogP contribution in [-0.4, -0.2) is 74.0 Å². The Labute approximate surface area is 143 Å². The SMILES string of the molecule is Cn1c(=O)c2c(ncn2C[C@H](O)CN=CN2CCOCC2)n(C)c1=O. The van der Waals surface area contributed by atoms with Crippen LogP contribution in [0.25, 0.3) is 11.2 Å². The fourth-order valence-electron chi connectivity index (χ4n) is 2.80. The van der Waals surface area contributed by atoms with E-state index in [9.17, 15) is 14.7 Å². The molecule has 1 saturated heterocycles. The highest BCUT2D eigenvalue weighted by molar-refractivity contribution is 5.69. The van der Waals surface area contributed by atoms with Crippen molar-refractivity contribution in [1.82, 2.24) is 23.6 Å². The van der Waals surface area contributed by atoms with Gasteiger partial charge in [0.1, 0.15) is 0 Å². The molecule has 10 nitrogen and oxygen atoms in total. The van der Waals surface area contributed by atoms with Crippen LogP contribution in [0.3, 0.4) is 0 Å². The molecule has 1 fully saturated rings. The molecule has 2 aromatic rings. The van der Waals surface area contributed by atoms with Crippen molar-refractivity contribution in [3.8, 4) is 0 Å². The van der Waals surface area contributed by atoms with Gasteiger partial charge in [0.05, 0.1) is 45.1 Å². The van der Waals surface area contributed by atoms with E-state index in [4.69, 9.17) is 4.74 Å². The Bertz CT molecular complexity index is 890. The van der Waals surface area contributed by atoms with Crippen LogP contribution < -0.4 is 11.2 Å². The number of fused-ring (bicyclic) bond motifs is 1. The topological polar surface area (TPSA) is 107 Å². The monoisotopic (exact) mass is 350 g/mol. The zero-order valence-electron chi connectivity index (χ0n) is 14.3. The van der Waals surface area contributed by atoms with Crippen molar-refractivity contribution in [2.45, 2.75) is 12.6 Å². The molecule has 2 aromatic heterocycles. The number of aryl methyl sites for hydroxylation is 1. The molecule has 25 heavy (non-hydrogen) atoms. The molecule has 1 N–H and O–H groups in total. The number of aliphatic imine (C=N–C) groups is 1. The normalized spacial score (nSPS) is 16.8. The lowest BCUT2D eigenvalue weighted by Crippen LogP contribution is -2.38. The van der Waals surface area contributed by atoms with Gasteiger partial charge in [0.2, 0.25) is 0 Å². The molecule has 0 amide bonds. The summed E-state index contributed by atoms with van der Waals surface area (Å²) in [6.07, 6.45) is 2.41. The highest BCUT2D eigenvalue weighted by Crippen LogP contribution is 2.06. The van der Waals surface area contributed by atoms with E-state index in [0.717, 1.165) is 17.7 Å². The standard InChI is InChI=1S/C15H22N6O4/c1-18-13-12(14(23)19(2)15(18)24)21(10-17-13)8-11(22)7-16-9-20-3-5-25-6-4-20/h9-11,22H,3-8H2,1-2H3/t11-/m1/s1. The summed E-state index contributed by atoms with van der Waals surface area (Å²) >= 11 is 0. The average molecular weight is 350 g/mol. The van der Waals surface area contributed by atoms with Gasteiger partial charge in [-0.2, -0.15) is 0 Å². The fraction of sp³-hybridized carbons (Fsp3) is 0.600. The molecule has 136 valence electrons. The predicted molar refractivity (Wildman–Crippen MR) is 92.0 cm³/mol. The van der Waals surface area contributed by atoms with E-state index >= 15 is 0 Å². The number of morpholine rings is 1. The summed E-state index contributed by atoms with van der Waals surface area (Å²) < 4.78 is 9.17. The van der Waals surface area contributed by atoms with E-state index in [1.54, 1.807) is 18.0 Å². The highest BCUT2D eigenvalue weighted by atomic mass is 16.5. The van der Waals surface area contributed by atoms with Crippen molar-refractivity contribution in [2.75, 3.05) is 32.8 Å². The molecule has 0 saturated carbocycles. The first-order valence-electron chi connectivity index (χ1n) is 8.09. The van der Waals surface area contributed by atoms with Crippen LogP contribution in [0.2, 0.25) is 0 Å². The van der Waals surface area contributed by atoms with Gasteiger partial charge in [-0.15, -0.1) is 0 Å². The molecule has 1 aliphatic heterocycles. The van der Waals surface area contributed by atoms with Gasteiger partial charge < -0.3 is 19.3 Å². The second-order valence-corrected chi connectivity index (χ2v) is 6.06. The summed E-state index contributed by atoms with van der Waals surface area (Å²) in [5, 5.41) is 10.2. The van der Waals surface area contributed by atoms with Crippen molar-refractivity contribution >= 4 is 17.5 Å². The Kier molecular flexibility index (Phi) is 5.00. The molecule has 0 unspecified atom stereocenters. The largest absolute Gasteiger partial charge is 0.389 e. The van der Waals surface area contributed by atoms with E-state index in [2.05, 4.69) is 9.98 Å². The third kappa shape index (κ3) is 3.49. The predicted octanol–water partition coefficient (Wildman–Crippen LogP) is -1.84. The Morgan fingerprint density at radius 2 is 2.04 bits per heavy atom. The maximum Gasteiger partial charge on any atom is 0.332 e. The zero-order chi connectivity index (χ0) is 18.0. The van der Waals surface area contributed by atoms with E-state index < -0.39 is 17.4 Å². The first kappa shape index (κ1) is 17.4. The first-order valence-corrected chi connectivity index (χ1v) is 8.09. The van der Waals surface area contributed by atoms with E-state index in [0.29, 0.717) is 24.4 Å². The third-order valence-corrected chi connectivity index (χ3v) is 4.23. The Morgan fingerprint density at radius 1 is 1.32 bits per heavy atom. The van der Waals surface area contributed by atoms with Gasteiger partial charge in [-0.25, -0.2) is 9.78 Å². The van der Waals surface area contributed by atoms with E-state index in [1.807, 2.05) is 4.90 Å². The Hall–Kier alpha value is -2.46. The molecule has 0 radical (unpaired) electrons. The van der Waals surface area contributed by atoms with Gasteiger partial charge >= 0.3 is 5.69 Å². The molecular weight excluding hydrogens is 328 g/mol. The van der Waals surface area contributed by atoms with Gasteiger partial charge in [-0.3, -0.25) is 18.9 Å². The second-order valence-electron chi connectivity index (χ2n) is 6.06. The van der Waals surface area contributed by atoms with E-state index in [-0.39, 0.29) is 13.1 Å². The zero-order valence-corrected chi connectivity index (χ0v) is 14.3. The van der Waals surface area contributed by atoms with Crippen molar-refractivity contribution < 1.29 is 9.84 Å². The average Bonchev–Trinajstić information content (AvgIpc) is 3.02. The summed E-state index contributed by atoms with van der Waals surface area (Å²) in [5.74, 6) is 0. The van der Waals surface area contributed by atoms with Crippen LogP contribution in [0.1, 0.15) is 0 Å². The van der Waals surface area contributed by atoms with Crippen molar-refractivity contribution in [2.24, 2.45) is 19.1 Å². The molecule has 0 aliphatic carbocycles. The molecule has 0 bridgehead atoms. The smallest absolute Gasteiger partial charge is 0.332 e. The number of hydrogen-bond acceptors (Lipinski definition) is 6. The lowest BCUT2D eigenvalue weighted by Gasteiger charge is -2.24. The maximum absolute atomic E-state index is 12.3. The van der Waals surface area contributed by atoms with Crippen LogP contribution in [-0.2, 0) is 25.4 Å². The molecule has 10 heteroatoms. The van der Waals surface area contributed by atoms with Crippen LogP contribution >= 0.6 is 0 Å². The van der Waals surface area contributed by atoms with Crippen molar-refractivity contribution in [1.29, 1.82) is 0 Å². The quantitative estimate of drug-likeness (QED) is 0.501. The van der Waals surface area contributed by atoms with Crippen LogP contribution in [0.4, 0.5) is 0 Å². The summed E-state index contributed by atoms with van der Waals surface area (Å²) in [6, 6.07) is 0. The Balaban J connectivity index is 1.73. The van der Waals surface area contributed by atoms with Crippen LogP contribution in [0.5, 0.6) is 0 Å². The molecule has 0 aromatic carbocycles. The number of aliphatic hydroxyl groups is 1. The molecule has 3 rings (SSSR count). The second kappa shape index (κ2) is 7.19. The number of nitrogens with zero attached hydrogens (tertiary/aromatic N) is 6.